The lowest BCUT2D eigenvalue weighted by Gasteiger charge is -2.39. The van der Waals surface area contributed by atoms with Crippen LogP contribution in [0.4, 0.5) is 10.5 Å². The van der Waals surface area contributed by atoms with Crippen molar-refractivity contribution in [1.29, 1.82) is 0 Å². The Balaban J connectivity index is 1.17. The van der Waals surface area contributed by atoms with E-state index in [0.717, 1.165) is 51.7 Å². The molecule has 0 aromatic carbocycles. The topological polar surface area (TPSA) is 63.1 Å². The number of piperidine rings is 1. The lowest BCUT2D eigenvalue weighted by molar-refractivity contribution is 0.0116. The molecule has 0 aliphatic carbocycles. The summed E-state index contributed by atoms with van der Waals surface area (Å²) in [5.74, 6) is 0.727. The Kier molecular flexibility index (Phi) is 7.64. The molecule has 192 valence electrons. The lowest BCUT2D eigenvalue weighted by Crippen LogP contribution is -2.51. The summed E-state index contributed by atoms with van der Waals surface area (Å²) in [6.07, 6.45) is 7.47. The zero-order valence-electron chi connectivity index (χ0n) is 22.1. The number of anilines is 1. The number of amides is 1. The average molecular weight is 492 g/mol. The maximum atomic E-state index is 12.5. The van der Waals surface area contributed by atoms with Gasteiger partial charge in [-0.1, -0.05) is 19.6 Å². The molecule has 3 aliphatic rings. The second kappa shape index (κ2) is 10.2. The van der Waals surface area contributed by atoms with Crippen molar-refractivity contribution >= 4 is 19.9 Å². The van der Waals surface area contributed by atoms with Gasteiger partial charge < -0.3 is 19.3 Å². The molecule has 1 aromatic heterocycles. The first-order chi connectivity index (χ1) is 16.0. The molecule has 2 bridgehead atoms. The smallest absolute Gasteiger partial charge is 0.410 e. The van der Waals surface area contributed by atoms with Gasteiger partial charge in [-0.2, -0.15) is 5.10 Å². The van der Waals surface area contributed by atoms with Crippen molar-refractivity contribution in [2.45, 2.75) is 90.1 Å². The fourth-order valence-corrected chi connectivity index (χ4v) is 6.10. The van der Waals surface area contributed by atoms with Crippen molar-refractivity contribution in [3.05, 3.63) is 12.4 Å². The number of carbonyl (C=O) groups excluding carboxylic acids is 1. The molecule has 3 fully saturated rings. The van der Waals surface area contributed by atoms with Gasteiger partial charge in [-0.3, -0.25) is 4.90 Å². The minimum atomic E-state index is -1.05. The Bertz CT molecular complexity index is 825. The highest BCUT2D eigenvalue weighted by Gasteiger charge is 2.46. The first kappa shape index (κ1) is 25.5. The number of nitrogens with zero attached hydrogens (tertiary/aromatic N) is 5. The van der Waals surface area contributed by atoms with E-state index < -0.39 is 13.7 Å². The van der Waals surface area contributed by atoms with Crippen molar-refractivity contribution in [2.24, 2.45) is 5.92 Å². The molecule has 4 rings (SSSR count). The number of fused-ring (bicyclic) bond motifs is 2. The number of hydrogen-bond donors (Lipinski definition) is 0. The molecular formula is C25H45N5O3Si. The van der Waals surface area contributed by atoms with Crippen LogP contribution in [-0.4, -0.2) is 90.8 Å². The number of aromatic nitrogens is 2. The predicted octanol–water partition coefficient (Wildman–Crippen LogP) is 4.11. The van der Waals surface area contributed by atoms with Gasteiger partial charge in [0.1, 0.15) is 12.3 Å². The van der Waals surface area contributed by atoms with Gasteiger partial charge >= 0.3 is 6.09 Å². The normalized spacial score (nSPS) is 24.3. The van der Waals surface area contributed by atoms with E-state index in [2.05, 4.69) is 40.7 Å². The molecule has 0 N–H and O–H groups in total. The first-order valence-corrected chi connectivity index (χ1v) is 16.8. The largest absolute Gasteiger partial charge is 0.444 e. The van der Waals surface area contributed by atoms with Crippen molar-refractivity contribution in [1.82, 2.24) is 19.6 Å². The van der Waals surface area contributed by atoms with Crippen LogP contribution in [0.5, 0.6) is 0 Å². The van der Waals surface area contributed by atoms with E-state index in [1.54, 1.807) is 0 Å². The maximum absolute atomic E-state index is 12.5. The van der Waals surface area contributed by atoms with Crippen LogP contribution in [0.3, 0.4) is 0 Å². The third-order valence-electron chi connectivity index (χ3n) is 7.29. The summed E-state index contributed by atoms with van der Waals surface area (Å²) in [5, 5.41) is 4.51. The quantitative estimate of drug-likeness (QED) is 0.403. The molecule has 1 amide bonds. The van der Waals surface area contributed by atoms with Crippen LogP contribution in [0.2, 0.25) is 25.7 Å². The minimum absolute atomic E-state index is 0.144. The van der Waals surface area contributed by atoms with Crippen LogP contribution in [0.15, 0.2) is 12.4 Å². The van der Waals surface area contributed by atoms with Crippen molar-refractivity contribution in [3.63, 3.8) is 0 Å². The average Bonchev–Trinajstić information content (AvgIpc) is 3.46. The molecule has 0 unspecified atom stereocenters. The van der Waals surface area contributed by atoms with Gasteiger partial charge in [0.15, 0.2) is 0 Å². The molecule has 0 spiro atoms. The Hall–Kier alpha value is -1.58. The SMILES string of the molecule is CC(C)(C)OC(=O)N1C[C@H]2C[C@@H]1CN2CC1CCN(c2cnn(COCC[Si](C)(C)C)c2)CC1. The summed E-state index contributed by atoms with van der Waals surface area (Å²) in [6, 6.07) is 2.00. The molecule has 9 heteroatoms. The number of likely N-dealkylation sites (tertiary alicyclic amines) is 2. The van der Waals surface area contributed by atoms with Crippen molar-refractivity contribution in [2.75, 3.05) is 44.2 Å². The summed E-state index contributed by atoms with van der Waals surface area (Å²) in [6.45, 7) is 19.4. The molecule has 0 saturated carbocycles. The monoisotopic (exact) mass is 491 g/mol. The molecule has 3 saturated heterocycles. The minimum Gasteiger partial charge on any atom is -0.444 e. The third-order valence-corrected chi connectivity index (χ3v) is 9.00. The number of hydrogen-bond acceptors (Lipinski definition) is 6. The highest BCUT2D eigenvalue weighted by molar-refractivity contribution is 6.76. The van der Waals surface area contributed by atoms with E-state index in [1.165, 1.54) is 24.6 Å². The highest BCUT2D eigenvalue weighted by atomic mass is 28.3. The van der Waals surface area contributed by atoms with E-state index in [1.807, 2.05) is 36.5 Å². The molecular weight excluding hydrogens is 446 g/mol. The second-order valence-electron chi connectivity index (χ2n) is 12.6. The lowest BCUT2D eigenvalue weighted by atomic mass is 9.95. The van der Waals surface area contributed by atoms with Gasteiger partial charge in [-0.15, -0.1) is 0 Å². The number of ether oxygens (including phenoxy) is 2. The van der Waals surface area contributed by atoms with Crippen LogP contribution >= 0.6 is 0 Å². The van der Waals surface area contributed by atoms with E-state index in [9.17, 15) is 4.79 Å². The Labute approximate surface area is 206 Å². The van der Waals surface area contributed by atoms with E-state index in [0.29, 0.717) is 18.8 Å². The molecule has 3 aliphatic heterocycles. The first-order valence-electron chi connectivity index (χ1n) is 13.1. The summed E-state index contributed by atoms with van der Waals surface area (Å²) < 4.78 is 13.4. The number of piperazine rings is 1. The van der Waals surface area contributed by atoms with Gasteiger partial charge in [0, 0.05) is 59.5 Å². The summed E-state index contributed by atoms with van der Waals surface area (Å²) in [5.41, 5.74) is 0.782. The predicted molar refractivity (Wildman–Crippen MR) is 138 cm³/mol. The van der Waals surface area contributed by atoms with E-state index >= 15 is 0 Å². The highest BCUT2D eigenvalue weighted by Crippen LogP contribution is 2.34. The van der Waals surface area contributed by atoms with Crippen LogP contribution < -0.4 is 4.90 Å². The van der Waals surface area contributed by atoms with Crippen LogP contribution in [0, 0.1) is 5.92 Å². The van der Waals surface area contributed by atoms with Gasteiger partial charge in [-0.25, -0.2) is 9.48 Å². The molecule has 1 aromatic rings. The zero-order valence-corrected chi connectivity index (χ0v) is 23.1. The van der Waals surface area contributed by atoms with Crippen LogP contribution in [0.25, 0.3) is 0 Å². The van der Waals surface area contributed by atoms with Crippen LogP contribution in [0.1, 0.15) is 40.0 Å². The molecule has 2 atom stereocenters. The van der Waals surface area contributed by atoms with E-state index in [-0.39, 0.29) is 6.09 Å². The molecule has 0 radical (unpaired) electrons. The zero-order chi connectivity index (χ0) is 24.5. The number of rotatable bonds is 8. The van der Waals surface area contributed by atoms with Crippen molar-refractivity contribution in [3.8, 4) is 0 Å². The molecule has 4 heterocycles. The van der Waals surface area contributed by atoms with Crippen LogP contribution in [-0.2, 0) is 16.2 Å². The summed E-state index contributed by atoms with van der Waals surface area (Å²) >= 11 is 0. The summed E-state index contributed by atoms with van der Waals surface area (Å²) in [7, 11) is -1.05. The Morgan fingerprint density at radius 2 is 1.88 bits per heavy atom. The fourth-order valence-electron chi connectivity index (χ4n) is 5.35. The summed E-state index contributed by atoms with van der Waals surface area (Å²) in [4.78, 5) is 19.5. The second-order valence-corrected chi connectivity index (χ2v) is 18.3. The molecule has 8 nitrogen and oxygen atoms in total. The molecule has 34 heavy (non-hydrogen) atoms. The van der Waals surface area contributed by atoms with Gasteiger partial charge in [0.05, 0.1) is 18.1 Å². The van der Waals surface area contributed by atoms with Gasteiger partial charge in [0.2, 0.25) is 0 Å². The Morgan fingerprint density at radius 1 is 1.15 bits per heavy atom. The van der Waals surface area contributed by atoms with Gasteiger partial charge in [-0.05, 0) is 52.0 Å². The number of carbonyl (C=O) groups is 1. The maximum Gasteiger partial charge on any atom is 0.410 e. The van der Waals surface area contributed by atoms with E-state index in [4.69, 9.17) is 9.47 Å². The van der Waals surface area contributed by atoms with Crippen molar-refractivity contribution < 1.29 is 14.3 Å². The van der Waals surface area contributed by atoms with Gasteiger partial charge in [0.25, 0.3) is 0 Å². The standard InChI is InChI=1S/C25H45N5O3Si/c1-25(2,3)33-24(31)30-18-21-13-22(30)16-28(21)15-20-7-9-27(10-8-20)23-14-26-29(17-23)19-32-11-12-34(4,5)6/h14,17,20-22H,7-13,15-16,18-19H2,1-6H3/t21-,22-/m1/s1. The Morgan fingerprint density at radius 3 is 2.50 bits per heavy atom. The third kappa shape index (κ3) is 6.76. The fraction of sp³-hybridized carbons (Fsp3) is 0.840.